The molecule has 12 nitrogen and oxygen atoms in total. The second kappa shape index (κ2) is 12.2. The van der Waals surface area contributed by atoms with Crippen LogP contribution in [-0.2, 0) is 15.4 Å². The lowest BCUT2D eigenvalue weighted by molar-refractivity contribution is 0.192. The number of rotatable bonds is 12. The third-order valence-corrected chi connectivity index (χ3v) is 6.69. The number of aliphatic hydroxyl groups is 2. The largest absolute Gasteiger partial charge is 0.493 e. The lowest BCUT2D eigenvalue weighted by atomic mass is 9.86. The Bertz CT molecular complexity index is 1750. The zero-order chi connectivity index (χ0) is 33.8. The number of methoxy groups -OCH3 is 1. The first-order valence-electron chi connectivity index (χ1n) is 14.7. The highest BCUT2D eigenvalue weighted by Crippen LogP contribution is 2.41. The molecule has 0 fully saturated rings. The Labute approximate surface area is 240 Å². The Hall–Kier alpha value is -4.33. The van der Waals surface area contributed by atoms with Gasteiger partial charge in [-0.1, -0.05) is 38.0 Å². The monoisotopic (exact) mass is 573 g/mol. The zero-order valence-electron chi connectivity index (χ0n) is 27.1. The normalized spacial score (nSPS) is 14.5. The third-order valence-electron chi connectivity index (χ3n) is 5.34. The Morgan fingerprint density at radius 2 is 1.65 bits per heavy atom. The van der Waals surface area contributed by atoms with Crippen LogP contribution in [0.3, 0.4) is 0 Å². The molecule has 40 heavy (non-hydrogen) atoms. The summed E-state index contributed by atoms with van der Waals surface area (Å²) in [6.07, 6.45) is 2.82. The maximum Gasteiger partial charge on any atom is 0.263 e. The van der Waals surface area contributed by atoms with Crippen molar-refractivity contribution in [2.24, 2.45) is 0 Å². The van der Waals surface area contributed by atoms with Crippen molar-refractivity contribution >= 4 is 15.8 Å². The van der Waals surface area contributed by atoms with Gasteiger partial charge in [-0.2, -0.15) is 4.98 Å². The van der Waals surface area contributed by atoms with Gasteiger partial charge in [-0.05, 0) is 35.9 Å². The Kier molecular flexibility index (Phi) is 6.57. The number of hydrogen-bond acceptors (Lipinski definition) is 11. The van der Waals surface area contributed by atoms with Crippen LogP contribution in [0.15, 0.2) is 71.9 Å². The summed E-state index contributed by atoms with van der Waals surface area (Å²) < 4.78 is 93.8. The SMILES string of the molecule is [2H]C([2H])([2H])C(CO)(c1ccc(S(=O)(=O)Nc2nc(-c3ncccn3)nc(OCCO)c2Oc2ccccc2OC)cc1)C([2H])([2H])[2H]. The summed E-state index contributed by atoms with van der Waals surface area (Å²) in [6, 6.07) is 12.0. The van der Waals surface area contributed by atoms with Crippen LogP contribution >= 0.6 is 0 Å². The fourth-order valence-corrected chi connectivity index (χ4v) is 4.36. The highest BCUT2D eigenvalue weighted by molar-refractivity contribution is 7.92. The number of anilines is 1. The molecule has 2 heterocycles. The van der Waals surface area contributed by atoms with E-state index in [1.807, 2.05) is 0 Å². The number of para-hydroxylation sites is 2. The van der Waals surface area contributed by atoms with E-state index in [1.54, 1.807) is 24.3 Å². The van der Waals surface area contributed by atoms with Crippen LogP contribution in [0.2, 0.25) is 0 Å². The van der Waals surface area contributed by atoms with E-state index in [4.69, 9.17) is 22.4 Å². The Morgan fingerprint density at radius 1 is 0.950 bits per heavy atom. The number of sulfonamides is 1. The molecule has 2 aromatic carbocycles. The van der Waals surface area contributed by atoms with Crippen molar-refractivity contribution in [2.75, 3.05) is 31.7 Å². The van der Waals surface area contributed by atoms with E-state index in [-0.39, 0.29) is 46.9 Å². The van der Waals surface area contributed by atoms with E-state index in [0.717, 1.165) is 24.3 Å². The topological polar surface area (TPSA) is 166 Å². The number of nitrogens with one attached hydrogen (secondary N) is 1. The second-order valence-electron chi connectivity index (χ2n) is 8.12. The zero-order valence-corrected chi connectivity index (χ0v) is 21.9. The molecular formula is C27H29N5O7S. The van der Waals surface area contributed by atoms with E-state index in [9.17, 15) is 18.6 Å². The lowest BCUT2D eigenvalue weighted by Gasteiger charge is -2.22. The van der Waals surface area contributed by atoms with Crippen LogP contribution < -0.4 is 18.9 Å². The molecule has 0 radical (unpaired) electrons. The fraction of sp³-hybridized carbons (Fsp3) is 0.259. The molecule has 13 heteroatoms. The minimum absolute atomic E-state index is 0.000310. The van der Waals surface area contributed by atoms with E-state index >= 15 is 0 Å². The summed E-state index contributed by atoms with van der Waals surface area (Å²) in [5.74, 6) is -0.806. The summed E-state index contributed by atoms with van der Waals surface area (Å²) >= 11 is 0. The van der Waals surface area contributed by atoms with Crippen molar-refractivity contribution in [2.45, 2.75) is 24.0 Å². The van der Waals surface area contributed by atoms with Crippen molar-refractivity contribution < 1.29 is 41.1 Å². The van der Waals surface area contributed by atoms with Crippen molar-refractivity contribution in [3.05, 3.63) is 72.6 Å². The number of benzene rings is 2. The summed E-state index contributed by atoms with van der Waals surface area (Å²) in [4.78, 5) is 16.4. The molecule has 2 aromatic heterocycles. The second-order valence-corrected chi connectivity index (χ2v) is 9.80. The number of aliphatic hydroxyl groups excluding tert-OH is 2. The molecule has 0 aliphatic heterocycles. The molecule has 0 spiro atoms. The minimum atomic E-state index is -4.56. The van der Waals surface area contributed by atoms with Crippen LogP contribution in [0.25, 0.3) is 11.6 Å². The van der Waals surface area contributed by atoms with Crippen molar-refractivity contribution in [3.8, 4) is 34.8 Å². The van der Waals surface area contributed by atoms with E-state index < -0.39 is 53.1 Å². The van der Waals surface area contributed by atoms with Gasteiger partial charge in [0.25, 0.3) is 15.9 Å². The van der Waals surface area contributed by atoms with Gasteiger partial charge in [-0.25, -0.2) is 23.4 Å². The molecule has 0 amide bonds. The van der Waals surface area contributed by atoms with Gasteiger partial charge in [-0.15, -0.1) is 0 Å². The first-order chi connectivity index (χ1) is 21.7. The van der Waals surface area contributed by atoms with Gasteiger partial charge in [-0.3, -0.25) is 4.72 Å². The van der Waals surface area contributed by atoms with Gasteiger partial charge in [0.05, 0.1) is 25.2 Å². The first-order valence-corrected chi connectivity index (χ1v) is 13.1. The summed E-state index contributed by atoms with van der Waals surface area (Å²) in [5, 5.41) is 19.4. The predicted octanol–water partition coefficient (Wildman–Crippen LogP) is 3.18. The lowest BCUT2D eigenvalue weighted by Crippen LogP contribution is -2.22. The smallest absolute Gasteiger partial charge is 0.263 e. The number of nitrogens with zero attached hydrogens (tertiary/aromatic N) is 4. The Morgan fingerprint density at radius 3 is 2.27 bits per heavy atom. The molecule has 3 N–H and O–H groups in total. The number of aromatic nitrogens is 4. The average Bonchev–Trinajstić information content (AvgIpc) is 3.01. The van der Waals surface area contributed by atoms with Gasteiger partial charge in [0.15, 0.2) is 23.1 Å². The molecule has 4 rings (SSSR count). The van der Waals surface area contributed by atoms with Crippen LogP contribution in [-0.4, -0.2) is 65.5 Å². The molecule has 4 aromatic rings. The molecular weight excluding hydrogens is 538 g/mol. The van der Waals surface area contributed by atoms with Gasteiger partial charge >= 0.3 is 0 Å². The van der Waals surface area contributed by atoms with Crippen molar-refractivity contribution in [3.63, 3.8) is 0 Å². The highest BCUT2D eigenvalue weighted by atomic mass is 32.2. The molecule has 0 bridgehead atoms. The van der Waals surface area contributed by atoms with Crippen LogP contribution in [0, 0.1) is 0 Å². The van der Waals surface area contributed by atoms with Crippen LogP contribution in [0.1, 0.15) is 27.5 Å². The number of hydrogen-bond donors (Lipinski definition) is 3. The molecule has 0 aliphatic carbocycles. The molecule has 0 aliphatic rings. The molecule has 0 saturated carbocycles. The quantitative estimate of drug-likeness (QED) is 0.228. The third kappa shape index (κ3) is 6.45. The number of ether oxygens (including phenoxy) is 3. The maximum absolute atomic E-state index is 13.7. The minimum Gasteiger partial charge on any atom is -0.493 e. The van der Waals surface area contributed by atoms with Gasteiger partial charge in [0.1, 0.15) is 6.61 Å². The summed E-state index contributed by atoms with van der Waals surface area (Å²) in [5.41, 5.74) is -3.00. The predicted molar refractivity (Wildman–Crippen MR) is 146 cm³/mol. The van der Waals surface area contributed by atoms with Crippen molar-refractivity contribution in [1.29, 1.82) is 0 Å². The molecule has 0 unspecified atom stereocenters. The van der Waals surface area contributed by atoms with E-state index in [1.165, 1.54) is 25.6 Å². The molecule has 0 atom stereocenters. The maximum atomic E-state index is 13.7. The van der Waals surface area contributed by atoms with Crippen LogP contribution in [0.5, 0.6) is 23.1 Å². The van der Waals surface area contributed by atoms with Crippen molar-refractivity contribution in [1.82, 2.24) is 19.9 Å². The molecule has 210 valence electrons. The summed E-state index contributed by atoms with van der Waals surface area (Å²) in [6.45, 7) is -8.28. The van der Waals surface area contributed by atoms with Gasteiger partial charge in [0.2, 0.25) is 11.6 Å². The standard InChI is InChI=1S/C27H29N5O7S/c1-27(2,17-34)18-9-11-19(12-10-18)40(35,36)32-23-22(39-21-8-5-4-7-20(21)37-3)26(38-16-15-33)31-25(30-23)24-28-13-6-14-29-24/h4-14,33-34H,15-17H2,1-3H3,(H,30,31,32)/i1D3,2D3. The van der Waals surface area contributed by atoms with Gasteiger partial charge < -0.3 is 24.4 Å². The van der Waals surface area contributed by atoms with E-state index in [2.05, 4.69) is 24.7 Å². The first kappa shape index (κ1) is 21.5. The highest BCUT2D eigenvalue weighted by Gasteiger charge is 2.27. The van der Waals surface area contributed by atoms with E-state index in [0.29, 0.717) is 0 Å². The van der Waals surface area contributed by atoms with Gasteiger partial charge in [0, 0.05) is 26.0 Å². The van der Waals surface area contributed by atoms with Crippen LogP contribution in [0.4, 0.5) is 5.82 Å². The Balaban J connectivity index is 1.85. The molecule has 0 saturated heterocycles. The summed E-state index contributed by atoms with van der Waals surface area (Å²) in [7, 11) is -3.16. The average molecular weight is 574 g/mol. The fourth-order valence-electron chi connectivity index (χ4n) is 3.35.